The van der Waals surface area contributed by atoms with E-state index in [1.165, 1.54) is 0 Å². The smallest absolute Gasteiger partial charge is 0.321 e. The molecule has 10 heavy (non-hydrogen) atoms. The molecule has 0 aliphatic heterocycles. The zero-order valence-corrected chi connectivity index (χ0v) is 5.97. The molecule has 5 nitrogen and oxygen atoms in total. The van der Waals surface area contributed by atoms with E-state index in [0.29, 0.717) is 0 Å². The van der Waals surface area contributed by atoms with Gasteiger partial charge in [-0.05, 0) is 0 Å². The summed E-state index contributed by atoms with van der Waals surface area (Å²) in [7, 11) is 0. The lowest BCUT2D eigenvalue weighted by Gasteiger charge is -2.02. The molecule has 4 N–H and O–H groups in total. The molecule has 0 saturated heterocycles. The SMILES string of the molecule is N[C@@H](CC(=O)NS)C(=O)O. The number of nitrogens with two attached hydrogens (primary N) is 1. The van der Waals surface area contributed by atoms with E-state index in [2.05, 4.69) is 12.8 Å². The third-order valence-electron chi connectivity index (χ3n) is 0.847. The van der Waals surface area contributed by atoms with Gasteiger partial charge in [-0.25, -0.2) is 0 Å². The lowest BCUT2D eigenvalue weighted by atomic mass is 10.2. The van der Waals surface area contributed by atoms with Crippen molar-refractivity contribution >= 4 is 24.7 Å². The normalized spacial score (nSPS) is 12.2. The fourth-order valence-electron chi connectivity index (χ4n) is 0.333. The van der Waals surface area contributed by atoms with Gasteiger partial charge >= 0.3 is 5.97 Å². The average Bonchev–Trinajstić information content (AvgIpc) is 1.87. The van der Waals surface area contributed by atoms with Crippen molar-refractivity contribution in [2.24, 2.45) is 5.73 Å². The first kappa shape index (κ1) is 9.25. The molecule has 0 heterocycles. The molecule has 0 bridgehead atoms. The summed E-state index contributed by atoms with van der Waals surface area (Å²) in [6, 6.07) is -1.15. The van der Waals surface area contributed by atoms with Crippen molar-refractivity contribution in [2.75, 3.05) is 0 Å². The van der Waals surface area contributed by atoms with Gasteiger partial charge in [0.1, 0.15) is 6.04 Å². The van der Waals surface area contributed by atoms with Crippen LogP contribution in [-0.4, -0.2) is 23.0 Å². The van der Waals surface area contributed by atoms with Crippen molar-refractivity contribution < 1.29 is 14.7 Å². The topological polar surface area (TPSA) is 92.4 Å². The van der Waals surface area contributed by atoms with Crippen molar-refractivity contribution in [1.82, 2.24) is 4.72 Å². The van der Waals surface area contributed by atoms with Crippen LogP contribution in [0.25, 0.3) is 0 Å². The number of carboxylic acids is 1. The minimum Gasteiger partial charge on any atom is -0.480 e. The van der Waals surface area contributed by atoms with Crippen molar-refractivity contribution in [3.63, 3.8) is 0 Å². The van der Waals surface area contributed by atoms with E-state index in [-0.39, 0.29) is 6.42 Å². The number of rotatable bonds is 3. The van der Waals surface area contributed by atoms with Crippen LogP contribution in [0, 0.1) is 0 Å². The lowest BCUT2D eigenvalue weighted by Crippen LogP contribution is -2.34. The first-order chi connectivity index (χ1) is 4.57. The van der Waals surface area contributed by atoms with E-state index in [9.17, 15) is 9.59 Å². The van der Waals surface area contributed by atoms with Crippen LogP contribution >= 0.6 is 12.8 Å². The molecule has 0 rings (SSSR count). The molecule has 58 valence electrons. The van der Waals surface area contributed by atoms with Crippen LogP contribution in [0.15, 0.2) is 0 Å². The second-order valence-corrected chi connectivity index (χ2v) is 1.91. The summed E-state index contributed by atoms with van der Waals surface area (Å²) in [5, 5.41) is 8.20. The third-order valence-corrected chi connectivity index (χ3v) is 1.10. The average molecular weight is 164 g/mol. The van der Waals surface area contributed by atoms with Crippen molar-refractivity contribution in [3.8, 4) is 0 Å². The van der Waals surface area contributed by atoms with Crippen molar-refractivity contribution in [3.05, 3.63) is 0 Å². The second kappa shape index (κ2) is 4.13. The lowest BCUT2D eigenvalue weighted by molar-refractivity contribution is -0.140. The fraction of sp³-hybridized carbons (Fsp3) is 0.500. The van der Waals surface area contributed by atoms with Gasteiger partial charge in [0.15, 0.2) is 0 Å². The van der Waals surface area contributed by atoms with Crippen molar-refractivity contribution in [2.45, 2.75) is 12.5 Å². The van der Waals surface area contributed by atoms with Gasteiger partial charge in [-0.15, -0.1) is 0 Å². The highest BCUT2D eigenvalue weighted by Gasteiger charge is 2.14. The molecule has 0 aliphatic rings. The van der Waals surface area contributed by atoms with Gasteiger partial charge in [0.05, 0.1) is 6.42 Å². The Bertz CT molecular complexity index is 149. The Morgan fingerprint density at radius 1 is 1.70 bits per heavy atom. The number of hydrogen-bond donors (Lipinski definition) is 4. The Balaban J connectivity index is 3.68. The molecule has 0 radical (unpaired) electrons. The Labute approximate surface area is 63.1 Å². The second-order valence-electron chi connectivity index (χ2n) is 1.68. The number of carbonyl (C=O) groups excluding carboxylic acids is 1. The van der Waals surface area contributed by atoms with E-state index >= 15 is 0 Å². The van der Waals surface area contributed by atoms with E-state index < -0.39 is 17.9 Å². The minimum atomic E-state index is -1.20. The van der Waals surface area contributed by atoms with Crippen LogP contribution in [0.3, 0.4) is 0 Å². The minimum absolute atomic E-state index is 0.251. The highest BCUT2D eigenvalue weighted by molar-refractivity contribution is 7.78. The molecule has 0 aromatic rings. The number of hydrogen-bond acceptors (Lipinski definition) is 4. The molecular formula is C4H8N2O3S. The highest BCUT2D eigenvalue weighted by atomic mass is 32.1. The summed E-state index contributed by atoms with van der Waals surface area (Å²) < 4.78 is 1.96. The number of thiol groups is 1. The number of amides is 1. The van der Waals surface area contributed by atoms with Gasteiger partial charge in [-0.2, -0.15) is 0 Å². The molecule has 0 aromatic heterocycles. The summed E-state index contributed by atoms with van der Waals surface area (Å²) >= 11 is 3.41. The Morgan fingerprint density at radius 2 is 2.20 bits per heavy atom. The van der Waals surface area contributed by atoms with E-state index in [4.69, 9.17) is 10.8 Å². The monoisotopic (exact) mass is 164 g/mol. The van der Waals surface area contributed by atoms with E-state index in [1.807, 2.05) is 4.72 Å². The van der Waals surface area contributed by atoms with Crippen LogP contribution in [0.2, 0.25) is 0 Å². The summed E-state index contributed by atoms with van der Waals surface area (Å²) in [5.41, 5.74) is 5.00. The molecule has 0 saturated carbocycles. The zero-order chi connectivity index (χ0) is 8.15. The van der Waals surface area contributed by atoms with Gasteiger partial charge in [-0.1, -0.05) is 12.8 Å². The Kier molecular flexibility index (Phi) is 3.82. The quantitative estimate of drug-likeness (QED) is 0.392. The maximum atomic E-state index is 10.4. The molecule has 0 aromatic carbocycles. The van der Waals surface area contributed by atoms with Crippen LogP contribution in [0.4, 0.5) is 0 Å². The largest absolute Gasteiger partial charge is 0.480 e. The Hall–Kier alpha value is -0.750. The highest BCUT2D eigenvalue weighted by Crippen LogP contribution is 1.87. The molecule has 0 unspecified atom stereocenters. The van der Waals surface area contributed by atoms with Crippen LogP contribution in [-0.2, 0) is 9.59 Å². The predicted octanol–water partition coefficient (Wildman–Crippen LogP) is -1.25. The van der Waals surface area contributed by atoms with Gasteiger partial charge in [0.25, 0.3) is 0 Å². The summed E-state index contributed by atoms with van der Waals surface area (Å²) in [6.07, 6.45) is -0.251. The molecular weight excluding hydrogens is 156 g/mol. The zero-order valence-electron chi connectivity index (χ0n) is 5.07. The van der Waals surface area contributed by atoms with E-state index in [1.54, 1.807) is 0 Å². The van der Waals surface area contributed by atoms with Gasteiger partial charge in [0, 0.05) is 0 Å². The van der Waals surface area contributed by atoms with Gasteiger partial charge in [0.2, 0.25) is 5.91 Å². The first-order valence-electron chi connectivity index (χ1n) is 2.49. The summed E-state index contributed by atoms with van der Waals surface area (Å²) in [6.45, 7) is 0. The summed E-state index contributed by atoms with van der Waals surface area (Å²) in [5.74, 6) is -1.70. The number of aliphatic carboxylic acids is 1. The van der Waals surface area contributed by atoms with Crippen LogP contribution < -0.4 is 10.5 Å². The molecule has 0 aliphatic carbocycles. The molecule has 6 heteroatoms. The van der Waals surface area contributed by atoms with Gasteiger partial charge in [-0.3, -0.25) is 9.59 Å². The molecule has 1 atom stereocenters. The number of nitrogens with one attached hydrogen (secondary N) is 1. The van der Waals surface area contributed by atoms with E-state index in [0.717, 1.165) is 0 Å². The number of carboxylic acid groups (broad SMARTS) is 1. The molecule has 0 spiro atoms. The first-order valence-corrected chi connectivity index (χ1v) is 2.94. The van der Waals surface area contributed by atoms with Crippen LogP contribution in [0.1, 0.15) is 6.42 Å². The van der Waals surface area contributed by atoms with Gasteiger partial charge < -0.3 is 15.6 Å². The van der Waals surface area contributed by atoms with Crippen LogP contribution in [0.5, 0.6) is 0 Å². The third kappa shape index (κ3) is 3.31. The number of carbonyl (C=O) groups is 2. The molecule has 0 fully saturated rings. The predicted molar refractivity (Wildman–Crippen MR) is 37.4 cm³/mol. The summed E-state index contributed by atoms with van der Waals surface area (Å²) in [4.78, 5) is 20.4. The molecule has 1 amide bonds. The Morgan fingerprint density at radius 3 is 2.50 bits per heavy atom. The standard InChI is InChI=1S/C4H8N2O3S/c5-2(4(8)9)1-3(7)6-10/h2,10H,1,5H2,(H,6,7)(H,8,9)/t2-/m0/s1. The van der Waals surface area contributed by atoms with Crippen molar-refractivity contribution in [1.29, 1.82) is 0 Å². The fourth-order valence-corrected chi connectivity index (χ4v) is 0.424. The maximum Gasteiger partial charge on any atom is 0.321 e. The maximum absolute atomic E-state index is 10.4.